The van der Waals surface area contributed by atoms with Crippen molar-refractivity contribution in [2.24, 2.45) is 11.7 Å². The van der Waals surface area contributed by atoms with Gasteiger partial charge in [-0.2, -0.15) is 0 Å². The molecule has 0 bridgehead atoms. The first-order valence-corrected chi connectivity index (χ1v) is 11.6. The fraction of sp³-hybridized carbons (Fsp3) is 0.542. The molecule has 2 heterocycles. The van der Waals surface area contributed by atoms with Gasteiger partial charge in [0.1, 0.15) is 25.3 Å². The first-order chi connectivity index (χ1) is 15.9. The molecule has 2 fully saturated rings. The van der Waals surface area contributed by atoms with E-state index in [4.69, 9.17) is 10.5 Å². The number of hydrogen-bond acceptors (Lipinski definition) is 7. The maximum atomic E-state index is 13.4. The van der Waals surface area contributed by atoms with Gasteiger partial charge in [-0.25, -0.2) is 19.7 Å². The molecule has 33 heavy (non-hydrogen) atoms. The molecular weight excluding hydrogens is 422 g/mol. The molecule has 1 saturated heterocycles. The van der Waals surface area contributed by atoms with Crippen LogP contribution in [0.1, 0.15) is 56.0 Å². The van der Waals surface area contributed by atoms with E-state index in [0.717, 1.165) is 38.5 Å². The van der Waals surface area contributed by atoms with Crippen molar-refractivity contribution in [3.63, 3.8) is 0 Å². The summed E-state index contributed by atoms with van der Waals surface area (Å²) in [6, 6.07) is 8.10. The lowest BCUT2D eigenvalue weighted by molar-refractivity contribution is -0.942. The number of carbonyl (C=O) groups excluding carboxylic acids is 2. The average Bonchev–Trinajstić information content (AvgIpc) is 3.49. The zero-order valence-electron chi connectivity index (χ0n) is 19.0. The van der Waals surface area contributed by atoms with Crippen LogP contribution in [0, 0.1) is 5.92 Å². The van der Waals surface area contributed by atoms with E-state index in [-0.39, 0.29) is 23.0 Å². The Labute approximate surface area is 193 Å². The van der Waals surface area contributed by atoms with Gasteiger partial charge in [0.2, 0.25) is 6.04 Å². The molecule has 1 saturated carbocycles. The molecule has 2 aliphatic rings. The van der Waals surface area contributed by atoms with Crippen LogP contribution in [0.2, 0.25) is 0 Å². The largest absolute Gasteiger partial charge is 0.457 e. The van der Waals surface area contributed by atoms with Crippen LogP contribution < -0.4 is 5.73 Å². The number of aliphatic hydroxyl groups is 1. The standard InChI is InChI=1S/C24H31N5O4/c1-29(20(21(25)30)22-27-15-26-16-28-22)13-7-12-19(29)14-33-23(31)24(32,18-10-5-6-11-18)17-8-3-2-4-9-17/h2-4,8-9,15-16,18-20,32H,5-7,10-14H2,1H3,(H-,25,30)/p+1/t19-,20?,24?,29?/m1/s1. The number of carbonyl (C=O) groups is 2. The maximum Gasteiger partial charge on any atom is 0.343 e. The number of nitrogens with zero attached hydrogens (tertiary/aromatic N) is 4. The Balaban J connectivity index is 1.55. The van der Waals surface area contributed by atoms with Crippen LogP contribution in [-0.2, 0) is 19.9 Å². The summed E-state index contributed by atoms with van der Waals surface area (Å²) < 4.78 is 6.06. The van der Waals surface area contributed by atoms with Gasteiger partial charge >= 0.3 is 5.97 Å². The third-order valence-corrected chi connectivity index (χ3v) is 7.51. The number of primary amides is 1. The molecular formula is C24H32N5O4+. The predicted molar refractivity (Wildman–Crippen MR) is 119 cm³/mol. The van der Waals surface area contributed by atoms with Gasteiger partial charge in [0.05, 0.1) is 13.6 Å². The Hall–Kier alpha value is -2.91. The summed E-state index contributed by atoms with van der Waals surface area (Å²) in [5.74, 6) is -1.03. The Morgan fingerprint density at radius 1 is 1.15 bits per heavy atom. The summed E-state index contributed by atoms with van der Waals surface area (Å²) in [5.41, 5.74) is 4.65. The van der Waals surface area contributed by atoms with Crippen LogP contribution in [0.5, 0.6) is 0 Å². The molecule has 9 heteroatoms. The van der Waals surface area contributed by atoms with Crippen molar-refractivity contribution in [3.05, 3.63) is 54.4 Å². The number of hydrogen-bond donors (Lipinski definition) is 2. The molecule has 4 rings (SSSR count). The van der Waals surface area contributed by atoms with E-state index in [1.54, 1.807) is 12.1 Å². The highest BCUT2D eigenvalue weighted by Gasteiger charge is 2.52. The number of nitrogens with two attached hydrogens (primary N) is 1. The van der Waals surface area contributed by atoms with Crippen molar-refractivity contribution in [1.29, 1.82) is 0 Å². The van der Waals surface area contributed by atoms with Gasteiger partial charge in [0.15, 0.2) is 11.4 Å². The SMILES string of the molecule is C[N+]1(C(C(N)=O)c2ncncn2)CCC[C@@H]1COC(=O)C(O)(c1ccccc1)C1CCCC1. The first kappa shape index (κ1) is 23.3. The van der Waals surface area contributed by atoms with E-state index < -0.39 is 23.5 Å². The Morgan fingerprint density at radius 3 is 2.45 bits per heavy atom. The average molecular weight is 455 g/mol. The van der Waals surface area contributed by atoms with E-state index in [0.29, 0.717) is 17.9 Å². The summed E-state index contributed by atoms with van der Waals surface area (Å²) in [6.45, 7) is 0.749. The molecule has 1 aromatic carbocycles. The predicted octanol–water partition coefficient (Wildman–Crippen LogP) is 1.63. The normalized spacial score (nSPS) is 25.9. The summed E-state index contributed by atoms with van der Waals surface area (Å²) in [5, 5.41) is 11.6. The molecule has 0 spiro atoms. The quantitative estimate of drug-likeness (QED) is 0.458. The molecule has 1 aliphatic carbocycles. The molecule has 1 amide bonds. The van der Waals surface area contributed by atoms with Gasteiger partial charge in [-0.1, -0.05) is 43.2 Å². The lowest BCUT2D eigenvalue weighted by Crippen LogP contribution is -2.57. The Bertz CT molecular complexity index is 969. The zero-order chi connectivity index (χ0) is 23.5. The maximum absolute atomic E-state index is 13.4. The number of ether oxygens (including phenoxy) is 1. The highest BCUT2D eigenvalue weighted by atomic mass is 16.6. The van der Waals surface area contributed by atoms with Crippen molar-refractivity contribution in [2.45, 2.75) is 56.2 Å². The second-order valence-electron chi connectivity index (χ2n) is 9.38. The monoisotopic (exact) mass is 454 g/mol. The topological polar surface area (TPSA) is 128 Å². The van der Waals surface area contributed by atoms with Crippen LogP contribution in [0.25, 0.3) is 0 Å². The van der Waals surface area contributed by atoms with E-state index in [1.165, 1.54) is 12.7 Å². The summed E-state index contributed by atoms with van der Waals surface area (Å²) >= 11 is 0. The second kappa shape index (κ2) is 9.52. The third-order valence-electron chi connectivity index (χ3n) is 7.51. The minimum Gasteiger partial charge on any atom is -0.457 e. The highest BCUT2D eigenvalue weighted by Crippen LogP contribution is 2.42. The van der Waals surface area contributed by atoms with Gasteiger partial charge in [0, 0.05) is 18.8 Å². The van der Waals surface area contributed by atoms with Crippen LogP contribution in [0.3, 0.4) is 0 Å². The van der Waals surface area contributed by atoms with Crippen molar-refractivity contribution in [1.82, 2.24) is 15.0 Å². The minimum absolute atomic E-state index is 0.0755. The smallest absolute Gasteiger partial charge is 0.343 e. The Kier molecular flexibility index (Phi) is 6.71. The van der Waals surface area contributed by atoms with Gasteiger partial charge < -0.3 is 20.1 Å². The highest BCUT2D eigenvalue weighted by molar-refractivity contribution is 5.81. The fourth-order valence-electron chi connectivity index (χ4n) is 5.65. The van der Waals surface area contributed by atoms with Crippen molar-refractivity contribution in [3.8, 4) is 0 Å². The van der Waals surface area contributed by atoms with E-state index in [2.05, 4.69) is 15.0 Å². The molecule has 0 radical (unpaired) electrons. The molecule has 9 nitrogen and oxygen atoms in total. The molecule has 1 aromatic heterocycles. The van der Waals surface area contributed by atoms with Gasteiger partial charge in [-0.15, -0.1) is 0 Å². The molecule has 1 aliphatic heterocycles. The van der Waals surface area contributed by atoms with Gasteiger partial charge in [-0.3, -0.25) is 4.79 Å². The number of amides is 1. The summed E-state index contributed by atoms with van der Waals surface area (Å²) in [7, 11) is 1.92. The molecule has 3 N–H and O–H groups in total. The van der Waals surface area contributed by atoms with Crippen LogP contribution in [0.15, 0.2) is 43.0 Å². The van der Waals surface area contributed by atoms with E-state index >= 15 is 0 Å². The molecule has 4 atom stereocenters. The van der Waals surface area contributed by atoms with Crippen LogP contribution in [-0.4, -0.2) is 62.7 Å². The number of esters is 1. The number of benzene rings is 1. The second-order valence-corrected chi connectivity index (χ2v) is 9.38. The molecule has 2 aromatic rings. The first-order valence-electron chi connectivity index (χ1n) is 11.6. The lowest BCUT2D eigenvalue weighted by Gasteiger charge is -2.40. The summed E-state index contributed by atoms with van der Waals surface area (Å²) in [6.07, 6.45) is 7.81. The number of quaternary nitrogens is 1. The van der Waals surface area contributed by atoms with Crippen molar-refractivity contribution in [2.75, 3.05) is 20.2 Å². The van der Waals surface area contributed by atoms with Gasteiger partial charge in [-0.05, 0) is 18.4 Å². The lowest BCUT2D eigenvalue weighted by atomic mass is 9.80. The van der Waals surface area contributed by atoms with Gasteiger partial charge in [0.25, 0.3) is 5.91 Å². The van der Waals surface area contributed by atoms with Crippen molar-refractivity contribution < 1.29 is 23.9 Å². The minimum atomic E-state index is -1.68. The number of likely N-dealkylation sites (tertiary alicyclic amines) is 1. The molecule has 3 unspecified atom stereocenters. The number of aromatic nitrogens is 3. The third kappa shape index (κ3) is 4.35. The summed E-state index contributed by atoms with van der Waals surface area (Å²) in [4.78, 5) is 38.0. The molecule has 176 valence electrons. The fourth-order valence-corrected chi connectivity index (χ4v) is 5.65. The van der Waals surface area contributed by atoms with E-state index in [9.17, 15) is 14.7 Å². The zero-order valence-corrected chi connectivity index (χ0v) is 19.0. The van der Waals surface area contributed by atoms with Crippen LogP contribution in [0.4, 0.5) is 0 Å². The van der Waals surface area contributed by atoms with E-state index in [1.807, 2.05) is 25.2 Å². The number of likely N-dealkylation sites (N-methyl/N-ethyl adjacent to an activating group) is 1. The number of rotatable bonds is 8. The van der Waals surface area contributed by atoms with Crippen LogP contribution >= 0.6 is 0 Å². The van der Waals surface area contributed by atoms with Crippen molar-refractivity contribution >= 4 is 11.9 Å². The Morgan fingerprint density at radius 2 is 1.82 bits per heavy atom.